The van der Waals surface area contributed by atoms with Crippen molar-refractivity contribution >= 4 is 34.9 Å². The van der Waals surface area contributed by atoms with Crippen LogP contribution < -0.4 is 5.73 Å². The Balaban J connectivity index is 1.76. The number of allylic oxidation sites excluding steroid dienone is 1. The van der Waals surface area contributed by atoms with Gasteiger partial charge in [0.25, 0.3) is 0 Å². The second-order valence-electron chi connectivity index (χ2n) is 4.83. The molecule has 0 saturated heterocycles. The normalized spacial score (nSPS) is 13.7. The first-order valence-corrected chi connectivity index (χ1v) is 9.06. The van der Waals surface area contributed by atoms with Crippen molar-refractivity contribution in [2.75, 3.05) is 17.7 Å². The van der Waals surface area contributed by atoms with Crippen molar-refractivity contribution in [2.24, 2.45) is 0 Å². The topological polar surface area (TPSA) is 51.8 Å². The third-order valence-corrected chi connectivity index (χ3v) is 4.96. The Morgan fingerprint density at radius 2 is 2.10 bits per heavy atom. The molecular formula is C16H17N3S2. The lowest BCUT2D eigenvalue weighted by Gasteiger charge is -2.17. The van der Waals surface area contributed by atoms with E-state index in [0.717, 1.165) is 28.8 Å². The number of aryl methyl sites for hydroxylation is 1. The van der Waals surface area contributed by atoms with E-state index in [1.54, 1.807) is 23.5 Å². The van der Waals surface area contributed by atoms with Crippen LogP contribution in [0.25, 0.3) is 5.57 Å². The van der Waals surface area contributed by atoms with Crippen molar-refractivity contribution < 1.29 is 0 Å². The zero-order valence-electron chi connectivity index (χ0n) is 11.9. The van der Waals surface area contributed by atoms with Gasteiger partial charge in [0, 0.05) is 11.8 Å². The average Bonchev–Trinajstić information content (AvgIpc) is 2.52. The van der Waals surface area contributed by atoms with Crippen LogP contribution in [0.3, 0.4) is 0 Å². The highest BCUT2D eigenvalue weighted by Gasteiger charge is 2.13. The van der Waals surface area contributed by atoms with E-state index in [-0.39, 0.29) is 0 Å². The molecule has 1 aliphatic rings. The van der Waals surface area contributed by atoms with Crippen molar-refractivity contribution in [3.05, 3.63) is 47.5 Å². The van der Waals surface area contributed by atoms with Gasteiger partial charge in [0.2, 0.25) is 0 Å². The number of hydrogen-bond donors (Lipinski definition) is 1. The maximum absolute atomic E-state index is 5.83. The van der Waals surface area contributed by atoms with Crippen molar-refractivity contribution in [1.82, 2.24) is 9.97 Å². The predicted molar refractivity (Wildman–Crippen MR) is 91.7 cm³/mol. The lowest BCUT2D eigenvalue weighted by Crippen LogP contribution is -2.02. The number of anilines is 1. The van der Waals surface area contributed by atoms with Gasteiger partial charge in [-0.15, -0.1) is 11.8 Å². The molecule has 1 aromatic carbocycles. The molecule has 1 heterocycles. The Morgan fingerprint density at radius 1 is 1.24 bits per heavy atom. The van der Waals surface area contributed by atoms with Gasteiger partial charge in [0.15, 0.2) is 5.16 Å². The zero-order valence-corrected chi connectivity index (χ0v) is 13.5. The summed E-state index contributed by atoms with van der Waals surface area (Å²) in [6.45, 7) is 0. The molecule has 0 saturated carbocycles. The number of nitrogens with zero attached hydrogens (tertiary/aromatic N) is 2. The molecule has 1 aliphatic carbocycles. The monoisotopic (exact) mass is 315 g/mol. The Kier molecular flexibility index (Phi) is 4.51. The number of thioether (sulfide) groups is 2. The molecule has 108 valence electrons. The first-order valence-electron chi connectivity index (χ1n) is 6.85. The quantitative estimate of drug-likeness (QED) is 0.527. The zero-order chi connectivity index (χ0) is 14.7. The lowest BCUT2D eigenvalue weighted by atomic mass is 9.92. The van der Waals surface area contributed by atoms with Crippen molar-refractivity contribution in [3.8, 4) is 0 Å². The Hall–Kier alpha value is -1.46. The number of fused-ring (bicyclic) bond motifs is 1. The third-order valence-electron chi connectivity index (χ3n) is 3.44. The number of hydrogen-bond acceptors (Lipinski definition) is 5. The first kappa shape index (κ1) is 14.5. The van der Waals surface area contributed by atoms with Crippen molar-refractivity contribution in [3.63, 3.8) is 0 Å². The Bertz CT molecular complexity index is 683. The SMILES string of the molecule is CSc1cc(N)nc(SCC2=CCCc3ccccc32)n1. The molecule has 2 N–H and O–H groups in total. The molecule has 21 heavy (non-hydrogen) atoms. The van der Waals surface area contributed by atoms with Crippen LogP contribution in [0.2, 0.25) is 0 Å². The van der Waals surface area contributed by atoms with Crippen molar-refractivity contribution in [2.45, 2.75) is 23.0 Å². The minimum Gasteiger partial charge on any atom is -0.384 e. The van der Waals surface area contributed by atoms with E-state index in [9.17, 15) is 0 Å². The van der Waals surface area contributed by atoms with Crippen LogP contribution in [-0.2, 0) is 6.42 Å². The smallest absolute Gasteiger partial charge is 0.190 e. The number of rotatable bonds is 4. The minimum atomic E-state index is 0.537. The van der Waals surface area contributed by atoms with E-state index in [2.05, 4.69) is 40.3 Å². The molecule has 5 heteroatoms. The Morgan fingerprint density at radius 3 is 2.95 bits per heavy atom. The largest absolute Gasteiger partial charge is 0.384 e. The number of aromatic nitrogens is 2. The highest BCUT2D eigenvalue weighted by Crippen LogP contribution is 2.31. The fraction of sp³-hybridized carbons (Fsp3) is 0.250. The molecule has 0 unspecified atom stereocenters. The number of nitrogens with two attached hydrogens (primary N) is 1. The van der Waals surface area contributed by atoms with Crippen LogP contribution in [-0.4, -0.2) is 22.0 Å². The van der Waals surface area contributed by atoms with Gasteiger partial charge < -0.3 is 5.73 Å². The highest BCUT2D eigenvalue weighted by atomic mass is 32.2. The number of benzene rings is 1. The average molecular weight is 315 g/mol. The van der Waals surface area contributed by atoms with Gasteiger partial charge in [-0.1, -0.05) is 42.1 Å². The van der Waals surface area contributed by atoms with Crippen molar-refractivity contribution in [1.29, 1.82) is 0 Å². The van der Waals surface area contributed by atoms with E-state index in [4.69, 9.17) is 5.73 Å². The molecule has 0 aliphatic heterocycles. The highest BCUT2D eigenvalue weighted by molar-refractivity contribution is 7.99. The molecular weight excluding hydrogens is 298 g/mol. The van der Waals surface area contributed by atoms with Crippen LogP contribution in [0.15, 0.2) is 46.6 Å². The molecule has 0 atom stereocenters. The number of nitrogen functional groups attached to an aromatic ring is 1. The van der Waals surface area contributed by atoms with E-state index >= 15 is 0 Å². The van der Waals surface area contributed by atoms with Crippen LogP contribution >= 0.6 is 23.5 Å². The van der Waals surface area contributed by atoms with Crippen LogP contribution in [0.1, 0.15) is 17.5 Å². The maximum atomic E-state index is 5.83. The van der Waals surface area contributed by atoms with Crippen LogP contribution in [0.5, 0.6) is 0 Å². The summed E-state index contributed by atoms with van der Waals surface area (Å²) < 4.78 is 0. The summed E-state index contributed by atoms with van der Waals surface area (Å²) in [5, 5.41) is 1.67. The van der Waals surface area contributed by atoms with Gasteiger partial charge in [-0.05, 0) is 35.8 Å². The first-order chi connectivity index (χ1) is 10.3. The molecule has 0 bridgehead atoms. The summed E-state index contributed by atoms with van der Waals surface area (Å²) in [6.07, 6.45) is 6.57. The van der Waals surface area contributed by atoms with E-state index < -0.39 is 0 Å². The fourth-order valence-corrected chi connectivity index (χ4v) is 3.80. The van der Waals surface area contributed by atoms with Gasteiger partial charge >= 0.3 is 0 Å². The van der Waals surface area contributed by atoms with Gasteiger partial charge in [-0.2, -0.15) is 0 Å². The van der Waals surface area contributed by atoms with Gasteiger partial charge in [0.05, 0.1) is 0 Å². The van der Waals surface area contributed by atoms with E-state index in [0.29, 0.717) is 5.82 Å². The summed E-state index contributed by atoms with van der Waals surface area (Å²) in [5.74, 6) is 1.42. The second kappa shape index (κ2) is 6.54. The summed E-state index contributed by atoms with van der Waals surface area (Å²) in [7, 11) is 0. The Labute approximate surface area is 133 Å². The van der Waals surface area contributed by atoms with E-state index in [1.165, 1.54) is 16.7 Å². The summed E-state index contributed by atoms with van der Waals surface area (Å²) >= 11 is 3.24. The standard InChI is InChI=1S/C16H17N3S2/c1-20-15-9-14(17)18-16(19-15)21-10-12-7-4-6-11-5-2-3-8-13(11)12/h2-3,5,7-9H,4,6,10H2,1H3,(H2,17,18,19). The van der Waals surface area contributed by atoms with E-state index in [1.807, 2.05) is 12.3 Å². The summed E-state index contributed by atoms with van der Waals surface area (Å²) in [5.41, 5.74) is 10.0. The van der Waals surface area contributed by atoms with Gasteiger partial charge in [-0.25, -0.2) is 9.97 Å². The summed E-state index contributed by atoms with van der Waals surface area (Å²) in [4.78, 5) is 8.81. The van der Waals surface area contributed by atoms with Crippen LogP contribution in [0.4, 0.5) is 5.82 Å². The molecule has 0 radical (unpaired) electrons. The third kappa shape index (κ3) is 3.41. The molecule has 2 aromatic rings. The second-order valence-corrected chi connectivity index (χ2v) is 6.60. The molecule has 0 fully saturated rings. The van der Waals surface area contributed by atoms with Crippen LogP contribution in [0, 0.1) is 0 Å². The van der Waals surface area contributed by atoms with Gasteiger partial charge in [0.1, 0.15) is 10.8 Å². The maximum Gasteiger partial charge on any atom is 0.190 e. The lowest BCUT2D eigenvalue weighted by molar-refractivity contribution is 0.902. The summed E-state index contributed by atoms with van der Waals surface area (Å²) in [6, 6.07) is 10.4. The fourth-order valence-electron chi connectivity index (χ4n) is 2.43. The minimum absolute atomic E-state index is 0.537. The molecule has 0 spiro atoms. The molecule has 1 aromatic heterocycles. The molecule has 3 rings (SSSR count). The molecule has 3 nitrogen and oxygen atoms in total. The predicted octanol–water partition coefficient (Wildman–Crippen LogP) is 3.90. The molecule has 0 amide bonds. The van der Waals surface area contributed by atoms with Gasteiger partial charge in [-0.3, -0.25) is 0 Å².